The van der Waals surface area contributed by atoms with E-state index in [1.165, 1.54) is 5.56 Å². The molecule has 0 saturated carbocycles. The monoisotopic (exact) mass is 299 g/mol. The van der Waals surface area contributed by atoms with E-state index in [4.69, 9.17) is 4.74 Å². The van der Waals surface area contributed by atoms with Gasteiger partial charge < -0.3 is 9.72 Å². The van der Waals surface area contributed by atoms with Crippen LogP contribution in [0.1, 0.15) is 5.56 Å². The van der Waals surface area contributed by atoms with Gasteiger partial charge in [-0.15, -0.1) is 0 Å². The van der Waals surface area contributed by atoms with Crippen molar-refractivity contribution in [3.8, 4) is 17.1 Å². The fourth-order valence-electron chi connectivity index (χ4n) is 2.15. The third kappa shape index (κ3) is 3.03. The van der Waals surface area contributed by atoms with Crippen LogP contribution in [0.25, 0.3) is 22.6 Å². The molecule has 2 heterocycles. The van der Waals surface area contributed by atoms with Gasteiger partial charge in [0.05, 0.1) is 17.7 Å². The van der Waals surface area contributed by atoms with E-state index in [0.717, 1.165) is 34.1 Å². The fourth-order valence-corrected chi connectivity index (χ4v) is 2.40. The van der Waals surface area contributed by atoms with Crippen molar-refractivity contribution in [2.75, 3.05) is 18.6 Å². The van der Waals surface area contributed by atoms with Crippen molar-refractivity contribution in [3.63, 3.8) is 0 Å². The lowest BCUT2D eigenvalue weighted by atomic mass is 10.1. The Labute approximate surface area is 128 Å². The average molecular weight is 299 g/mol. The fraction of sp³-hybridized carbons (Fsp3) is 0.250. The highest BCUT2D eigenvalue weighted by atomic mass is 32.2. The number of aromatic amines is 1. The zero-order valence-electron chi connectivity index (χ0n) is 12.1. The molecule has 0 atom stereocenters. The predicted octanol–water partition coefficient (Wildman–Crippen LogP) is 3.68. The van der Waals surface area contributed by atoms with E-state index < -0.39 is 0 Å². The second-order valence-electron chi connectivity index (χ2n) is 4.80. The Hall–Kier alpha value is -2.01. The zero-order valence-corrected chi connectivity index (χ0v) is 12.9. The van der Waals surface area contributed by atoms with Crippen LogP contribution in [0.5, 0.6) is 5.75 Å². The van der Waals surface area contributed by atoms with Crippen LogP contribution in [0.2, 0.25) is 0 Å². The first-order chi connectivity index (χ1) is 10.3. The lowest BCUT2D eigenvalue weighted by molar-refractivity contribution is 0.345. The molecule has 1 N–H and O–H groups in total. The molecule has 0 radical (unpaired) electrons. The molecular weight excluding hydrogens is 282 g/mol. The molecule has 0 amide bonds. The lowest BCUT2D eigenvalue weighted by Gasteiger charge is -2.10. The van der Waals surface area contributed by atoms with Crippen molar-refractivity contribution < 1.29 is 4.74 Å². The number of hydrogen-bond acceptors (Lipinski definition) is 4. The van der Waals surface area contributed by atoms with Crippen molar-refractivity contribution in [3.05, 3.63) is 42.1 Å². The van der Waals surface area contributed by atoms with Gasteiger partial charge in [0.15, 0.2) is 5.65 Å². The molecule has 3 aromatic rings. The smallest absolute Gasteiger partial charge is 0.178 e. The first-order valence-electron chi connectivity index (χ1n) is 6.81. The topological polar surface area (TPSA) is 50.8 Å². The molecule has 0 aliphatic heterocycles. The number of benzene rings is 1. The third-order valence-electron chi connectivity index (χ3n) is 3.19. The number of nitrogens with zero attached hydrogens (tertiary/aromatic N) is 2. The summed E-state index contributed by atoms with van der Waals surface area (Å²) in [5, 5.41) is 0. The number of hydrogen-bond donors (Lipinski definition) is 1. The number of fused-ring (bicyclic) bond motifs is 1. The van der Waals surface area contributed by atoms with Crippen LogP contribution in [0.15, 0.2) is 36.5 Å². The van der Waals surface area contributed by atoms with E-state index in [0.29, 0.717) is 6.61 Å². The minimum Gasteiger partial charge on any atom is -0.492 e. The van der Waals surface area contributed by atoms with Crippen molar-refractivity contribution >= 4 is 22.9 Å². The van der Waals surface area contributed by atoms with Gasteiger partial charge in [0.2, 0.25) is 0 Å². The SMILES string of the molecule is CSCCOc1cc(C)ccc1-c1nc2ncccc2[nH]1. The van der Waals surface area contributed by atoms with Crippen LogP contribution in [0.3, 0.4) is 0 Å². The molecule has 0 saturated heterocycles. The summed E-state index contributed by atoms with van der Waals surface area (Å²) >= 11 is 1.77. The minimum absolute atomic E-state index is 0.691. The molecule has 4 nitrogen and oxygen atoms in total. The van der Waals surface area contributed by atoms with Crippen LogP contribution >= 0.6 is 11.8 Å². The van der Waals surface area contributed by atoms with Gasteiger partial charge in [0.1, 0.15) is 11.6 Å². The quantitative estimate of drug-likeness (QED) is 0.730. The Morgan fingerprint density at radius 2 is 2.19 bits per heavy atom. The molecule has 108 valence electrons. The van der Waals surface area contributed by atoms with Gasteiger partial charge in [0.25, 0.3) is 0 Å². The minimum atomic E-state index is 0.691. The van der Waals surface area contributed by atoms with Gasteiger partial charge in [-0.05, 0) is 43.0 Å². The van der Waals surface area contributed by atoms with Gasteiger partial charge in [-0.25, -0.2) is 9.97 Å². The second kappa shape index (κ2) is 6.18. The van der Waals surface area contributed by atoms with E-state index >= 15 is 0 Å². The first kappa shape index (κ1) is 13.9. The Morgan fingerprint density at radius 1 is 1.29 bits per heavy atom. The van der Waals surface area contributed by atoms with E-state index in [-0.39, 0.29) is 0 Å². The molecule has 0 aliphatic carbocycles. The Bertz CT molecular complexity index is 721. The number of pyridine rings is 1. The summed E-state index contributed by atoms with van der Waals surface area (Å²) in [5.74, 6) is 2.63. The Balaban J connectivity index is 1.99. The summed E-state index contributed by atoms with van der Waals surface area (Å²) in [6.45, 7) is 2.75. The summed E-state index contributed by atoms with van der Waals surface area (Å²) in [6, 6.07) is 10.0. The van der Waals surface area contributed by atoms with E-state index in [1.807, 2.05) is 18.2 Å². The highest BCUT2D eigenvalue weighted by molar-refractivity contribution is 7.98. The number of nitrogens with one attached hydrogen (secondary N) is 1. The van der Waals surface area contributed by atoms with Crippen LogP contribution in [-0.4, -0.2) is 33.6 Å². The average Bonchev–Trinajstić information content (AvgIpc) is 2.91. The summed E-state index contributed by atoms with van der Waals surface area (Å²) in [4.78, 5) is 12.1. The number of imidazole rings is 1. The van der Waals surface area contributed by atoms with Crippen LogP contribution < -0.4 is 4.74 Å². The van der Waals surface area contributed by atoms with E-state index in [9.17, 15) is 0 Å². The predicted molar refractivity (Wildman–Crippen MR) is 87.9 cm³/mol. The molecule has 0 aliphatic rings. The number of rotatable bonds is 5. The number of aromatic nitrogens is 3. The van der Waals surface area contributed by atoms with Crippen molar-refractivity contribution in [1.29, 1.82) is 0 Å². The summed E-state index contributed by atoms with van der Waals surface area (Å²) in [5.41, 5.74) is 3.80. The van der Waals surface area contributed by atoms with Crippen molar-refractivity contribution in [2.24, 2.45) is 0 Å². The first-order valence-corrected chi connectivity index (χ1v) is 8.21. The van der Waals surface area contributed by atoms with Crippen molar-refractivity contribution in [1.82, 2.24) is 15.0 Å². The molecule has 2 aromatic heterocycles. The van der Waals surface area contributed by atoms with Crippen molar-refractivity contribution in [2.45, 2.75) is 6.92 Å². The molecule has 3 rings (SSSR count). The number of H-pyrrole nitrogens is 1. The maximum absolute atomic E-state index is 5.91. The molecule has 5 heteroatoms. The third-order valence-corrected chi connectivity index (χ3v) is 3.77. The standard InChI is InChI=1S/C16H17N3OS/c1-11-5-6-12(14(10-11)20-8-9-21-2)15-18-13-4-3-7-17-16(13)19-15/h3-7,10H,8-9H2,1-2H3,(H,17,18,19). The molecular formula is C16H17N3OS. The Kier molecular flexibility index (Phi) is 4.10. The molecule has 0 bridgehead atoms. The summed E-state index contributed by atoms with van der Waals surface area (Å²) < 4.78 is 5.91. The molecule has 1 aromatic carbocycles. The highest BCUT2D eigenvalue weighted by Crippen LogP contribution is 2.30. The largest absolute Gasteiger partial charge is 0.492 e. The Morgan fingerprint density at radius 3 is 3.00 bits per heavy atom. The number of thioether (sulfide) groups is 1. The molecule has 0 unspecified atom stereocenters. The van der Waals surface area contributed by atoms with Crippen LogP contribution in [0, 0.1) is 6.92 Å². The second-order valence-corrected chi connectivity index (χ2v) is 5.79. The lowest BCUT2D eigenvalue weighted by Crippen LogP contribution is -2.01. The molecule has 0 spiro atoms. The van der Waals surface area contributed by atoms with Crippen LogP contribution in [0.4, 0.5) is 0 Å². The van der Waals surface area contributed by atoms with Gasteiger partial charge in [-0.3, -0.25) is 0 Å². The van der Waals surface area contributed by atoms with E-state index in [1.54, 1.807) is 18.0 Å². The maximum Gasteiger partial charge on any atom is 0.178 e. The number of aryl methyl sites for hydroxylation is 1. The maximum atomic E-state index is 5.91. The van der Waals surface area contributed by atoms with Gasteiger partial charge in [0, 0.05) is 11.9 Å². The number of ether oxygens (including phenoxy) is 1. The van der Waals surface area contributed by atoms with Crippen LogP contribution in [-0.2, 0) is 0 Å². The summed E-state index contributed by atoms with van der Waals surface area (Å²) in [7, 11) is 0. The zero-order chi connectivity index (χ0) is 14.7. The molecule has 0 fully saturated rings. The summed E-state index contributed by atoms with van der Waals surface area (Å²) in [6.07, 6.45) is 3.82. The molecule has 21 heavy (non-hydrogen) atoms. The van der Waals surface area contributed by atoms with E-state index in [2.05, 4.69) is 40.3 Å². The van der Waals surface area contributed by atoms with Gasteiger partial charge in [-0.2, -0.15) is 11.8 Å². The van der Waals surface area contributed by atoms with Gasteiger partial charge in [-0.1, -0.05) is 6.07 Å². The normalized spacial score (nSPS) is 11.0. The highest BCUT2D eigenvalue weighted by Gasteiger charge is 2.11. The van der Waals surface area contributed by atoms with Gasteiger partial charge >= 0.3 is 0 Å².